The molecule has 0 bridgehead atoms. The van der Waals surface area contributed by atoms with Crippen LogP contribution in [0.1, 0.15) is 50.5 Å². The summed E-state index contributed by atoms with van der Waals surface area (Å²) in [6.07, 6.45) is 9.72. The molecule has 0 amide bonds. The van der Waals surface area contributed by atoms with Crippen LogP contribution in [-0.2, 0) is 6.42 Å². The van der Waals surface area contributed by atoms with Gasteiger partial charge in [-0.1, -0.05) is 43.7 Å². The Balaban J connectivity index is 1.80. The van der Waals surface area contributed by atoms with E-state index < -0.39 is 0 Å². The fourth-order valence-corrected chi connectivity index (χ4v) is 3.20. The molecule has 0 saturated heterocycles. The summed E-state index contributed by atoms with van der Waals surface area (Å²) in [5.41, 5.74) is 6.99. The zero-order valence-corrected chi connectivity index (χ0v) is 12.1. The van der Waals surface area contributed by atoms with Gasteiger partial charge in [-0.15, -0.1) is 0 Å². The first-order chi connectivity index (χ1) is 9.15. The second kappa shape index (κ2) is 7.25. The van der Waals surface area contributed by atoms with Crippen molar-refractivity contribution in [1.82, 2.24) is 0 Å². The van der Waals surface area contributed by atoms with Crippen molar-refractivity contribution in [3.05, 3.63) is 34.6 Å². The summed E-state index contributed by atoms with van der Waals surface area (Å²) < 4.78 is 13.2. The molecule has 1 aromatic carbocycles. The van der Waals surface area contributed by atoms with Gasteiger partial charge in [-0.2, -0.15) is 0 Å². The van der Waals surface area contributed by atoms with Gasteiger partial charge < -0.3 is 5.73 Å². The topological polar surface area (TPSA) is 26.0 Å². The second-order valence-electron chi connectivity index (χ2n) is 5.78. The Hall–Kier alpha value is -0.600. The Bertz CT molecular complexity index is 402. The van der Waals surface area contributed by atoms with Crippen LogP contribution >= 0.6 is 11.6 Å². The first-order valence-electron chi connectivity index (χ1n) is 7.34. The van der Waals surface area contributed by atoms with Gasteiger partial charge in [0, 0.05) is 11.1 Å². The van der Waals surface area contributed by atoms with Crippen LogP contribution in [0.3, 0.4) is 0 Å². The van der Waals surface area contributed by atoms with E-state index in [0.29, 0.717) is 11.4 Å². The van der Waals surface area contributed by atoms with Gasteiger partial charge >= 0.3 is 0 Å². The highest BCUT2D eigenvalue weighted by Crippen LogP contribution is 2.28. The SMILES string of the molecule is NC(CCC1CCCCC1)Cc1cc(F)ccc1Cl. The smallest absolute Gasteiger partial charge is 0.123 e. The van der Waals surface area contributed by atoms with E-state index in [2.05, 4.69) is 0 Å². The molecule has 1 atom stereocenters. The molecule has 106 valence electrons. The van der Waals surface area contributed by atoms with Crippen LogP contribution in [0.5, 0.6) is 0 Å². The maximum Gasteiger partial charge on any atom is 0.123 e. The van der Waals surface area contributed by atoms with Crippen LogP contribution in [0.15, 0.2) is 18.2 Å². The van der Waals surface area contributed by atoms with Gasteiger partial charge in [-0.05, 0) is 48.9 Å². The number of rotatable bonds is 5. The van der Waals surface area contributed by atoms with Crippen molar-refractivity contribution in [2.75, 3.05) is 0 Å². The van der Waals surface area contributed by atoms with Crippen molar-refractivity contribution in [3.63, 3.8) is 0 Å². The summed E-state index contributed by atoms with van der Waals surface area (Å²) in [4.78, 5) is 0. The van der Waals surface area contributed by atoms with Crippen molar-refractivity contribution in [3.8, 4) is 0 Å². The van der Waals surface area contributed by atoms with Gasteiger partial charge in [0.15, 0.2) is 0 Å². The van der Waals surface area contributed by atoms with E-state index in [-0.39, 0.29) is 11.9 Å². The molecule has 1 fully saturated rings. The van der Waals surface area contributed by atoms with Crippen LogP contribution in [0, 0.1) is 11.7 Å². The fraction of sp³-hybridized carbons (Fsp3) is 0.625. The largest absolute Gasteiger partial charge is 0.327 e. The van der Waals surface area contributed by atoms with Gasteiger partial charge in [0.05, 0.1) is 0 Å². The van der Waals surface area contributed by atoms with E-state index >= 15 is 0 Å². The van der Waals surface area contributed by atoms with Gasteiger partial charge in [0.1, 0.15) is 5.82 Å². The minimum atomic E-state index is -0.237. The highest BCUT2D eigenvalue weighted by Gasteiger charge is 2.15. The number of halogens is 2. The third kappa shape index (κ3) is 4.77. The molecule has 2 N–H and O–H groups in total. The average Bonchev–Trinajstić information content (AvgIpc) is 2.42. The molecule has 1 nitrogen and oxygen atoms in total. The van der Waals surface area contributed by atoms with Gasteiger partial charge in [-0.3, -0.25) is 0 Å². The third-order valence-electron chi connectivity index (χ3n) is 4.16. The molecule has 3 heteroatoms. The molecular weight excluding hydrogens is 261 g/mol. The van der Waals surface area contributed by atoms with Crippen LogP contribution in [0.4, 0.5) is 4.39 Å². The van der Waals surface area contributed by atoms with E-state index in [4.69, 9.17) is 17.3 Å². The maximum absolute atomic E-state index is 13.2. The highest BCUT2D eigenvalue weighted by atomic mass is 35.5. The number of hydrogen-bond donors (Lipinski definition) is 1. The van der Waals surface area contributed by atoms with E-state index in [1.165, 1.54) is 50.7 Å². The molecule has 1 unspecified atom stereocenters. The second-order valence-corrected chi connectivity index (χ2v) is 6.19. The quantitative estimate of drug-likeness (QED) is 0.832. The summed E-state index contributed by atoms with van der Waals surface area (Å²) in [6, 6.07) is 4.59. The van der Waals surface area contributed by atoms with E-state index in [9.17, 15) is 4.39 Å². The highest BCUT2D eigenvalue weighted by molar-refractivity contribution is 6.31. The normalized spacial score (nSPS) is 18.5. The molecule has 19 heavy (non-hydrogen) atoms. The molecular formula is C16H23ClFN. The number of benzene rings is 1. The molecule has 2 rings (SSSR count). The Labute approximate surface area is 120 Å². The molecule has 1 aromatic rings. The average molecular weight is 284 g/mol. The lowest BCUT2D eigenvalue weighted by Gasteiger charge is -2.23. The minimum absolute atomic E-state index is 0.0845. The number of nitrogens with two attached hydrogens (primary N) is 1. The summed E-state index contributed by atoms with van der Waals surface area (Å²) in [6.45, 7) is 0. The lowest BCUT2D eigenvalue weighted by Crippen LogP contribution is -2.24. The molecule has 0 aromatic heterocycles. The Morgan fingerprint density at radius 3 is 2.74 bits per heavy atom. The third-order valence-corrected chi connectivity index (χ3v) is 4.53. The summed E-state index contributed by atoms with van der Waals surface area (Å²) in [5, 5.41) is 0.620. The van der Waals surface area contributed by atoms with E-state index in [1.807, 2.05) is 0 Å². The van der Waals surface area contributed by atoms with Gasteiger partial charge in [0.25, 0.3) is 0 Å². The molecule has 0 aliphatic heterocycles. The number of hydrogen-bond acceptors (Lipinski definition) is 1. The Kier molecular flexibility index (Phi) is 5.65. The summed E-state index contributed by atoms with van der Waals surface area (Å²) >= 11 is 6.07. The van der Waals surface area contributed by atoms with Crippen molar-refractivity contribution in [1.29, 1.82) is 0 Å². The summed E-state index contributed by atoms with van der Waals surface area (Å²) in [7, 11) is 0. The fourth-order valence-electron chi connectivity index (χ4n) is 3.01. The lowest BCUT2D eigenvalue weighted by atomic mass is 9.85. The minimum Gasteiger partial charge on any atom is -0.327 e. The first kappa shape index (κ1) is 14.8. The molecule has 1 saturated carbocycles. The predicted octanol–water partition coefficient (Wildman–Crippen LogP) is 4.71. The van der Waals surface area contributed by atoms with Crippen molar-refractivity contribution in [2.24, 2.45) is 11.7 Å². The predicted molar refractivity (Wildman–Crippen MR) is 78.9 cm³/mol. The van der Waals surface area contributed by atoms with Crippen molar-refractivity contribution < 1.29 is 4.39 Å². The van der Waals surface area contributed by atoms with Crippen molar-refractivity contribution in [2.45, 2.75) is 57.4 Å². The molecule has 1 aliphatic carbocycles. The molecule has 0 heterocycles. The monoisotopic (exact) mass is 283 g/mol. The lowest BCUT2D eigenvalue weighted by molar-refractivity contribution is 0.323. The zero-order chi connectivity index (χ0) is 13.7. The Morgan fingerprint density at radius 2 is 2.00 bits per heavy atom. The first-order valence-corrected chi connectivity index (χ1v) is 7.72. The molecule has 0 radical (unpaired) electrons. The van der Waals surface area contributed by atoms with Gasteiger partial charge in [-0.25, -0.2) is 4.39 Å². The zero-order valence-electron chi connectivity index (χ0n) is 11.4. The van der Waals surface area contributed by atoms with E-state index in [0.717, 1.165) is 17.9 Å². The Morgan fingerprint density at radius 1 is 1.26 bits per heavy atom. The van der Waals surface area contributed by atoms with Gasteiger partial charge in [0.2, 0.25) is 0 Å². The summed E-state index contributed by atoms with van der Waals surface area (Å²) in [5.74, 6) is 0.613. The van der Waals surface area contributed by atoms with Crippen LogP contribution in [0.2, 0.25) is 5.02 Å². The van der Waals surface area contributed by atoms with Crippen LogP contribution in [-0.4, -0.2) is 6.04 Å². The standard InChI is InChI=1S/C16H23ClFN/c17-16-9-7-14(18)10-13(16)11-15(19)8-6-12-4-2-1-3-5-12/h7,9-10,12,15H,1-6,8,11,19H2. The molecule has 1 aliphatic rings. The molecule has 0 spiro atoms. The van der Waals surface area contributed by atoms with Crippen LogP contribution < -0.4 is 5.73 Å². The van der Waals surface area contributed by atoms with Crippen LogP contribution in [0.25, 0.3) is 0 Å². The van der Waals surface area contributed by atoms with E-state index in [1.54, 1.807) is 6.07 Å². The maximum atomic E-state index is 13.2. The van der Waals surface area contributed by atoms with Crippen molar-refractivity contribution >= 4 is 11.6 Å².